The van der Waals surface area contributed by atoms with Gasteiger partial charge in [0.2, 0.25) is 0 Å². The van der Waals surface area contributed by atoms with E-state index in [1.54, 1.807) is 0 Å². The molecule has 1 aromatic heterocycles. The van der Waals surface area contributed by atoms with Crippen molar-refractivity contribution < 1.29 is 0 Å². The van der Waals surface area contributed by atoms with Crippen LogP contribution in [0.4, 0.5) is 0 Å². The quantitative estimate of drug-likeness (QED) is 0.600. The minimum Gasteiger partial charge on any atom is -0.402 e. The lowest BCUT2D eigenvalue weighted by Gasteiger charge is -2.07. The summed E-state index contributed by atoms with van der Waals surface area (Å²) in [5.41, 5.74) is 8.16. The molecular weight excluding hydrogens is 142 g/mol. The first-order valence-corrected chi connectivity index (χ1v) is 4.24. The van der Waals surface area contributed by atoms with Gasteiger partial charge in [-0.2, -0.15) is 0 Å². The first kappa shape index (κ1) is 5.98. The van der Waals surface area contributed by atoms with Gasteiger partial charge in [0, 0.05) is 17.0 Å². The standard InChI is InChI=1S/C8H9NS/c9-7-2-1-6-3-4-10-8(6)5-7/h2-4H,1,5,9H2. The third-order valence-corrected chi connectivity index (χ3v) is 2.75. The summed E-state index contributed by atoms with van der Waals surface area (Å²) in [7, 11) is 0. The van der Waals surface area contributed by atoms with Crippen molar-refractivity contribution in [2.75, 3.05) is 0 Å². The highest BCUT2D eigenvalue weighted by molar-refractivity contribution is 7.10. The zero-order chi connectivity index (χ0) is 6.97. The van der Waals surface area contributed by atoms with Crippen molar-refractivity contribution in [3.8, 4) is 0 Å². The molecule has 0 atom stereocenters. The summed E-state index contributed by atoms with van der Waals surface area (Å²) in [6.45, 7) is 0. The number of thiophene rings is 1. The van der Waals surface area contributed by atoms with Crippen molar-refractivity contribution in [3.05, 3.63) is 33.7 Å². The van der Waals surface area contributed by atoms with E-state index >= 15 is 0 Å². The molecule has 2 rings (SSSR count). The lowest BCUT2D eigenvalue weighted by atomic mass is 10.0. The Morgan fingerprint density at radius 2 is 2.40 bits per heavy atom. The topological polar surface area (TPSA) is 26.0 Å². The maximum Gasteiger partial charge on any atom is 0.0215 e. The van der Waals surface area contributed by atoms with Crippen LogP contribution in [0.2, 0.25) is 0 Å². The van der Waals surface area contributed by atoms with Gasteiger partial charge >= 0.3 is 0 Å². The molecule has 10 heavy (non-hydrogen) atoms. The van der Waals surface area contributed by atoms with Crippen molar-refractivity contribution >= 4 is 11.3 Å². The molecule has 1 heterocycles. The molecule has 1 nitrogen and oxygen atoms in total. The summed E-state index contributed by atoms with van der Waals surface area (Å²) < 4.78 is 0. The lowest BCUT2D eigenvalue weighted by Crippen LogP contribution is -2.06. The van der Waals surface area contributed by atoms with Gasteiger partial charge in [-0.3, -0.25) is 0 Å². The first-order chi connectivity index (χ1) is 4.86. The van der Waals surface area contributed by atoms with Crippen molar-refractivity contribution in [3.63, 3.8) is 0 Å². The van der Waals surface area contributed by atoms with Crippen LogP contribution in [0.25, 0.3) is 0 Å². The van der Waals surface area contributed by atoms with Gasteiger partial charge < -0.3 is 5.73 Å². The van der Waals surface area contributed by atoms with E-state index in [4.69, 9.17) is 5.73 Å². The fraction of sp³-hybridized carbons (Fsp3) is 0.250. The van der Waals surface area contributed by atoms with Crippen molar-refractivity contribution in [1.82, 2.24) is 0 Å². The van der Waals surface area contributed by atoms with Gasteiger partial charge in [-0.15, -0.1) is 11.3 Å². The normalized spacial score (nSPS) is 16.2. The van der Waals surface area contributed by atoms with Crippen molar-refractivity contribution in [2.24, 2.45) is 5.73 Å². The zero-order valence-corrected chi connectivity index (χ0v) is 6.45. The molecule has 0 unspecified atom stereocenters. The van der Waals surface area contributed by atoms with E-state index in [1.165, 1.54) is 10.4 Å². The molecule has 0 bridgehead atoms. The summed E-state index contributed by atoms with van der Waals surface area (Å²) in [6.07, 6.45) is 4.10. The van der Waals surface area contributed by atoms with Gasteiger partial charge in [-0.25, -0.2) is 0 Å². The minimum atomic E-state index is 0.965. The third-order valence-electron chi connectivity index (χ3n) is 1.79. The molecule has 0 aliphatic heterocycles. The highest BCUT2D eigenvalue weighted by atomic mass is 32.1. The van der Waals surface area contributed by atoms with Crippen LogP contribution in [0.5, 0.6) is 0 Å². The molecule has 0 aromatic carbocycles. The number of hydrogen-bond acceptors (Lipinski definition) is 2. The van der Waals surface area contributed by atoms with E-state index in [-0.39, 0.29) is 0 Å². The van der Waals surface area contributed by atoms with Gasteiger partial charge in [0.15, 0.2) is 0 Å². The molecule has 0 spiro atoms. The Morgan fingerprint density at radius 3 is 3.30 bits per heavy atom. The largest absolute Gasteiger partial charge is 0.402 e. The predicted octanol–water partition coefficient (Wildman–Crippen LogP) is 1.69. The van der Waals surface area contributed by atoms with Gasteiger partial charge in [-0.05, 0) is 23.4 Å². The summed E-state index contributed by atoms with van der Waals surface area (Å²) in [5, 5.41) is 2.14. The van der Waals surface area contributed by atoms with Crippen LogP contribution < -0.4 is 5.73 Å². The van der Waals surface area contributed by atoms with E-state index in [0.29, 0.717) is 0 Å². The maximum absolute atomic E-state index is 5.68. The molecule has 1 aliphatic rings. The second-order valence-electron chi connectivity index (χ2n) is 2.53. The number of fused-ring (bicyclic) bond motifs is 1. The molecule has 0 radical (unpaired) electrons. The molecule has 0 saturated carbocycles. The Labute approximate surface area is 64.2 Å². The zero-order valence-electron chi connectivity index (χ0n) is 5.63. The summed E-state index contributed by atoms with van der Waals surface area (Å²) >= 11 is 1.81. The molecule has 0 saturated heterocycles. The minimum absolute atomic E-state index is 0.965. The summed E-state index contributed by atoms with van der Waals surface area (Å²) in [6, 6.07) is 2.18. The Bertz CT molecular complexity index is 273. The first-order valence-electron chi connectivity index (χ1n) is 3.36. The highest BCUT2D eigenvalue weighted by Crippen LogP contribution is 2.23. The van der Waals surface area contributed by atoms with E-state index in [2.05, 4.69) is 17.5 Å². The van der Waals surface area contributed by atoms with E-state index in [9.17, 15) is 0 Å². The Kier molecular flexibility index (Phi) is 1.27. The number of allylic oxidation sites excluding steroid dienone is 2. The van der Waals surface area contributed by atoms with E-state index < -0.39 is 0 Å². The van der Waals surface area contributed by atoms with Crippen molar-refractivity contribution in [1.29, 1.82) is 0 Å². The molecule has 2 N–H and O–H groups in total. The third kappa shape index (κ3) is 0.847. The van der Waals surface area contributed by atoms with Crippen LogP contribution in [-0.4, -0.2) is 0 Å². The van der Waals surface area contributed by atoms with Gasteiger partial charge in [0.25, 0.3) is 0 Å². The predicted molar refractivity (Wildman–Crippen MR) is 44.0 cm³/mol. The molecule has 52 valence electrons. The van der Waals surface area contributed by atoms with E-state index in [1.807, 2.05) is 11.3 Å². The fourth-order valence-corrected chi connectivity index (χ4v) is 2.15. The fourth-order valence-electron chi connectivity index (χ4n) is 1.20. The smallest absolute Gasteiger partial charge is 0.0215 e. The van der Waals surface area contributed by atoms with Crippen molar-refractivity contribution in [2.45, 2.75) is 12.8 Å². The maximum atomic E-state index is 5.68. The highest BCUT2D eigenvalue weighted by Gasteiger charge is 2.08. The second-order valence-corrected chi connectivity index (χ2v) is 3.53. The van der Waals surface area contributed by atoms with Crippen LogP contribution >= 0.6 is 11.3 Å². The number of nitrogens with two attached hydrogens (primary N) is 1. The molecule has 1 aromatic rings. The Balaban J connectivity index is 2.39. The molecule has 1 aliphatic carbocycles. The summed E-state index contributed by atoms with van der Waals surface area (Å²) in [5.74, 6) is 0. The van der Waals surface area contributed by atoms with Crippen LogP contribution in [0.1, 0.15) is 10.4 Å². The van der Waals surface area contributed by atoms with Crippen LogP contribution in [0.3, 0.4) is 0 Å². The van der Waals surface area contributed by atoms with Crippen LogP contribution in [0, 0.1) is 0 Å². The molecular formula is C8H9NS. The molecule has 0 amide bonds. The van der Waals surface area contributed by atoms with E-state index in [0.717, 1.165) is 18.5 Å². The summed E-state index contributed by atoms with van der Waals surface area (Å²) in [4.78, 5) is 1.44. The molecule has 2 heteroatoms. The Hall–Kier alpha value is -0.760. The van der Waals surface area contributed by atoms with Gasteiger partial charge in [-0.1, -0.05) is 6.08 Å². The number of rotatable bonds is 0. The van der Waals surface area contributed by atoms with Crippen LogP contribution in [0.15, 0.2) is 23.2 Å². The second kappa shape index (κ2) is 2.13. The Morgan fingerprint density at radius 1 is 1.50 bits per heavy atom. The van der Waals surface area contributed by atoms with Crippen LogP contribution in [-0.2, 0) is 12.8 Å². The number of hydrogen-bond donors (Lipinski definition) is 1. The van der Waals surface area contributed by atoms with Gasteiger partial charge in [0.05, 0.1) is 0 Å². The average molecular weight is 151 g/mol. The monoisotopic (exact) mass is 151 g/mol. The SMILES string of the molecule is NC1=CCc2ccsc2C1. The average Bonchev–Trinajstić information content (AvgIpc) is 2.33. The van der Waals surface area contributed by atoms with Gasteiger partial charge in [0.1, 0.15) is 0 Å². The molecule has 0 fully saturated rings. The lowest BCUT2D eigenvalue weighted by molar-refractivity contribution is 1.03.